The number of hydrogen-bond donors (Lipinski definition) is 2. The predicted octanol–water partition coefficient (Wildman–Crippen LogP) is 2.67. The first-order valence-corrected chi connectivity index (χ1v) is 7.00. The van der Waals surface area contributed by atoms with Crippen LogP contribution in [0, 0.1) is 0 Å². The number of carbonyl (C=O) groups is 2. The van der Waals surface area contributed by atoms with Gasteiger partial charge in [0, 0.05) is 12.4 Å². The number of anilines is 1. The largest absolute Gasteiger partial charge is 0.481 e. The average molecular weight is 334 g/mol. The van der Waals surface area contributed by atoms with E-state index in [-0.39, 0.29) is 22.3 Å². The van der Waals surface area contributed by atoms with Crippen molar-refractivity contribution in [2.45, 2.75) is 6.42 Å². The number of halogens is 2. The van der Waals surface area contributed by atoms with Crippen molar-refractivity contribution >= 4 is 51.5 Å². The van der Waals surface area contributed by atoms with Crippen LogP contribution >= 0.6 is 34.5 Å². The molecule has 20 heavy (non-hydrogen) atoms. The number of thiazole rings is 1. The van der Waals surface area contributed by atoms with E-state index in [0.717, 1.165) is 11.3 Å². The molecule has 2 aromatic heterocycles. The van der Waals surface area contributed by atoms with E-state index in [9.17, 15) is 9.59 Å². The Kier molecular flexibility index (Phi) is 4.32. The number of amides is 1. The van der Waals surface area contributed by atoms with Crippen molar-refractivity contribution in [3.63, 3.8) is 0 Å². The number of nitrogens with zero attached hydrogens (tertiary/aromatic N) is 2. The highest BCUT2D eigenvalue weighted by molar-refractivity contribution is 7.14. The average Bonchev–Trinajstić information content (AvgIpc) is 2.89. The molecule has 106 valence electrons. The predicted molar refractivity (Wildman–Crippen MR) is 76.8 cm³/mol. The number of aliphatic carboxylic acids is 1. The second-order valence-corrected chi connectivity index (χ2v) is 5.52. The molecule has 2 aromatic rings. The highest BCUT2D eigenvalue weighted by Gasteiger charge is 2.17. The minimum Gasteiger partial charge on any atom is -0.481 e. The molecule has 0 radical (unpaired) electrons. The van der Waals surface area contributed by atoms with Crippen molar-refractivity contribution in [3.8, 4) is 0 Å². The fraction of sp³-hybridized carbons (Fsp3) is 0.182. The topological polar surface area (TPSA) is 84.2 Å². The number of carboxylic acid groups (broad SMARTS) is 1. The lowest BCUT2D eigenvalue weighted by atomic mass is 10.3. The Balaban J connectivity index is 2.13. The number of aromatic nitrogens is 2. The molecule has 0 unspecified atom stereocenters. The number of carboxylic acids is 1. The summed E-state index contributed by atoms with van der Waals surface area (Å²) in [6.45, 7) is 0. The van der Waals surface area contributed by atoms with Gasteiger partial charge in [-0.1, -0.05) is 23.2 Å². The molecule has 0 saturated carbocycles. The molecule has 0 aliphatic carbocycles. The normalized spacial score (nSPS) is 10.6. The summed E-state index contributed by atoms with van der Waals surface area (Å²) < 4.78 is 1.45. The van der Waals surface area contributed by atoms with Gasteiger partial charge in [0.2, 0.25) is 0 Å². The first-order valence-electron chi connectivity index (χ1n) is 5.36. The lowest BCUT2D eigenvalue weighted by molar-refractivity contribution is -0.136. The lowest BCUT2D eigenvalue weighted by Gasteiger charge is -2.03. The van der Waals surface area contributed by atoms with E-state index in [2.05, 4.69) is 10.3 Å². The molecule has 0 aromatic carbocycles. The maximum atomic E-state index is 12.0. The Morgan fingerprint density at radius 2 is 2.20 bits per heavy atom. The van der Waals surface area contributed by atoms with Crippen LogP contribution < -0.4 is 5.32 Å². The van der Waals surface area contributed by atoms with E-state index >= 15 is 0 Å². The van der Waals surface area contributed by atoms with Crippen LogP contribution in [0.2, 0.25) is 10.2 Å². The van der Waals surface area contributed by atoms with Gasteiger partial charge in [-0.15, -0.1) is 11.3 Å². The minimum atomic E-state index is -0.978. The van der Waals surface area contributed by atoms with E-state index in [1.165, 1.54) is 10.6 Å². The fourth-order valence-corrected chi connectivity index (χ4v) is 2.60. The van der Waals surface area contributed by atoms with Gasteiger partial charge in [-0.2, -0.15) is 0 Å². The van der Waals surface area contributed by atoms with Crippen molar-refractivity contribution < 1.29 is 14.7 Å². The van der Waals surface area contributed by atoms with Crippen molar-refractivity contribution in [2.75, 3.05) is 5.32 Å². The van der Waals surface area contributed by atoms with Gasteiger partial charge in [-0.3, -0.25) is 14.9 Å². The van der Waals surface area contributed by atoms with Crippen molar-refractivity contribution in [3.05, 3.63) is 33.0 Å². The maximum absolute atomic E-state index is 12.0. The van der Waals surface area contributed by atoms with Gasteiger partial charge in [-0.05, 0) is 6.07 Å². The highest BCUT2D eigenvalue weighted by atomic mass is 35.5. The van der Waals surface area contributed by atoms with Crippen molar-refractivity contribution in [1.82, 2.24) is 9.55 Å². The van der Waals surface area contributed by atoms with E-state index in [1.807, 2.05) is 0 Å². The van der Waals surface area contributed by atoms with Crippen LogP contribution in [0.1, 0.15) is 16.2 Å². The van der Waals surface area contributed by atoms with Gasteiger partial charge in [0.05, 0.1) is 17.1 Å². The Morgan fingerprint density at radius 1 is 1.50 bits per heavy atom. The monoisotopic (exact) mass is 333 g/mol. The summed E-state index contributed by atoms with van der Waals surface area (Å²) >= 11 is 12.9. The molecule has 2 rings (SSSR count). The molecule has 2 N–H and O–H groups in total. The van der Waals surface area contributed by atoms with Gasteiger partial charge < -0.3 is 9.67 Å². The molecular formula is C11H9Cl2N3O3S. The summed E-state index contributed by atoms with van der Waals surface area (Å²) in [4.78, 5) is 26.6. The number of hydrogen-bond acceptors (Lipinski definition) is 4. The molecular weight excluding hydrogens is 325 g/mol. The summed E-state index contributed by atoms with van der Waals surface area (Å²) in [5, 5.41) is 13.7. The number of nitrogens with one attached hydrogen (secondary N) is 1. The smallest absolute Gasteiger partial charge is 0.309 e. The Morgan fingerprint density at radius 3 is 2.75 bits per heavy atom. The molecule has 0 aliphatic heterocycles. The Labute approximate surface area is 128 Å². The summed E-state index contributed by atoms with van der Waals surface area (Å²) in [5.41, 5.74) is 0.677. The molecule has 2 heterocycles. The number of carbonyl (C=O) groups excluding carboxylic acids is 1. The van der Waals surface area contributed by atoms with E-state index in [1.54, 1.807) is 12.4 Å². The summed E-state index contributed by atoms with van der Waals surface area (Å²) in [6.07, 6.45) is -0.186. The minimum absolute atomic E-state index is 0.186. The van der Waals surface area contributed by atoms with Gasteiger partial charge >= 0.3 is 5.97 Å². The summed E-state index contributed by atoms with van der Waals surface area (Å²) in [6, 6.07) is 1.45. The zero-order valence-corrected chi connectivity index (χ0v) is 12.5. The summed E-state index contributed by atoms with van der Waals surface area (Å²) in [5.74, 6) is -1.40. The lowest BCUT2D eigenvalue weighted by Crippen LogP contribution is -2.15. The molecule has 0 atom stereocenters. The van der Waals surface area contributed by atoms with Crippen LogP contribution in [0.4, 0.5) is 5.13 Å². The molecule has 0 saturated heterocycles. The van der Waals surface area contributed by atoms with Gasteiger partial charge in [0.1, 0.15) is 10.8 Å². The molecule has 0 spiro atoms. The molecule has 0 bridgehead atoms. The molecule has 0 fully saturated rings. The third-order valence-electron chi connectivity index (χ3n) is 2.45. The SMILES string of the molecule is Cn1c(C(=O)Nc2nc(CC(=O)O)cs2)cc(Cl)c1Cl. The first-order chi connectivity index (χ1) is 9.38. The van der Waals surface area contributed by atoms with E-state index < -0.39 is 11.9 Å². The first kappa shape index (κ1) is 14.8. The van der Waals surface area contributed by atoms with Gasteiger partial charge in [0.15, 0.2) is 5.13 Å². The van der Waals surface area contributed by atoms with Crippen molar-refractivity contribution in [2.24, 2.45) is 7.05 Å². The van der Waals surface area contributed by atoms with E-state index in [4.69, 9.17) is 28.3 Å². The zero-order chi connectivity index (χ0) is 14.9. The highest BCUT2D eigenvalue weighted by Crippen LogP contribution is 2.26. The zero-order valence-electron chi connectivity index (χ0n) is 10.2. The Bertz CT molecular complexity index is 681. The standard InChI is InChI=1S/C11H9Cl2N3O3S/c1-16-7(3-6(12)9(16)13)10(19)15-11-14-5(4-20-11)2-8(17)18/h3-4H,2H2,1H3,(H,17,18)(H,14,15,19). The Hall–Kier alpha value is -1.57. The maximum Gasteiger partial charge on any atom is 0.309 e. The molecule has 0 aliphatic rings. The number of rotatable bonds is 4. The summed E-state index contributed by atoms with van der Waals surface area (Å²) in [7, 11) is 1.61. The van der Waals surface area contributed by atoms with Gasteiger partial charge in [-0.25, -0.2) is 4.98 Å². The second kappa shape index (κ2) is 5.82. The van der Waals surface area contributed by atoms with Crippen LogP contribution in [0.3, 0.4) is 0 Å². The third-order valence-corrected chi connectivity index (χ3v) is 4.10. The quantitative estimate of drug-likeness (QED) is 0.900. The molecule has 9 heteroatoms. The van der Waals surface area contributed by atoms with E-state index in [0.29, 0.717) is 10.8 Å². The second-order valence-electron chi connectivity index (χ2n) is 3.90. The van der Waals surface area contributed by atoms with Crippen LogP contribution in [0.5, 0.6) is 0 Å². The van der Waals surface area contributed by atoms with Crippen LogP contribution in [0.15, 0.2) is 11.4 Å². The van der Waals surface area contributed by atoms with Crippen molar-refractivity contribution in [1.29, 1.82) is 0 Å². The molecule has 6 nitrogen and oxygen atoms in total. The van der Waals surface area contributed by atoms with Crippen LogP contribution in [0.25, 0.3) is 0 Å². The fourth-order valence-electron chi connectivity index (χ4n) is 1.52. The molecule has 1 amide bonds. The van der Waals surface area contributed by atoms with Gasteiger partial charge in [0.25, 0.3) is 5.91 Å². The van der Waals surface area contributed by atoms with Crippen LogP contribution in [-0.2, 0) is 18.3 Å². The van der Waals surface area contributed by atoms with Crippen LogP contribution in [-0.4, -0.2) is 26.5 Å². The third kappa shape index (κ3) is 3.12.